The molecular formula is C8H9F3N2O2. The lowest BCUT2D eigenvalue weighted by atomic mass is 10.2. The van der Waals surface area contributed by atoms with Crippen LogP contribution in [-0.4, -0.2) is 24.4 Å². The van der Waals surface area contributed by atoms with Crippen molar-refractivity contribution in [2.24, 2.45) is 0 Å². The summed E-state index contributed by atoms with van der Waals surface area (Å²) < 4.78 is 40.8. The number of hydrogen-bond acceptors (Lipinski definition) is 4. The van der Waals surface area contributed by atoms with Gasteiger partial charge in [0.15, 0.2) is 5.76 Å². The number of aryl methyl sites for hydroxylation is 1. The number of alkyl halides is 3. The lowest BCUT2D eigenvalue weighted by molar-refractivity contribution is -0.157. The van der Waals surface area contributed by atoms with Crippen LogP contribution < -0.4 is 5.32 Å². The number of nitrogens with one attached hydrogen (secondary N) is 1. The number of Topliss-reactive ketones (excluding diaryl/α,β-unsaturated/α-hetero) is 1. The Morgan fingerprint density at radius 2 is 2.13 bits per heavy atom. The van der Waals surface area contributed by atoms with E-state index in [9.17, 15) is 18.0 Å². The van der Waals surface area contributed by atoms with Gasteiger partial charge in [0, 0.05) is 0 Å². The highest BCUT2D eigenvalue weighted by molar-refractivity contribution is 5.95. The molecule has 1 rings (SSSR count). The van der Waals surface area contributed by atoms with Gasteiger partial charge in [0.05, 0.1) is 12.2 Å². The van der Waals surface area contributed by atoms with Crippen molar-refractivity contribution < 1.29 is 22.4 Å². The summed E-state index contributed by atoms with van der Waals surface area (Å²) in [6, 6.07) is 0. The molecule has 0 atom stereocenters. The molecule has 0 saturated heterocycles. The lowest BCUT2D eigenvalue weighted by Crippen LogP contribution is -2.18. The van der Waals surface area contributed by atoms with Crippen molar-refractivity contribution in [1.29, 1.82) is 0 Å². The van der Waals surface area contributed by atoms with Crippen LogP contribution in [0.4, 0.5) is 13.2 Å². The number of ketones is 1. The van der Waals surface area contributed by atoms with Gasteiger partial charge in [0.1, 0.15) is 0 Å². The first kappa shape index (κ1) is 11.7. The second-order valence-corrected chi connectivity index (χ2v) is 2.88. The van der Waals surface area contributed by atoms with Crippen molar-refractivity contribution in [2.45, 2.75) is 13.1 Å². The van der Waals surface area contributed by atoms with Gasteiger partial charge in [-0.2, -0.15) is 13.2 Å². The number of oxazole rings is 1. The maximum absolute atomic E-state index is 12.1. The summed E-state index contributed by atoms with van der Waals surface area (Å²) in [4.78, 5) is 14.4. The zero-order chi connectivity index (χ0) is 11.6. The van der Waals surface area contributed by atoms with Gasteiger partial charge in [0.25, 0.3) is 0 Å². The summed E-state index contributed by atoms with van der Waals surface area (Å²) >= 11 is 0. The van der Waals surface area contributed by atoms with Gasteiger partial charge in [0.2, 0.25) is 5.78 Å². The summed E-state index contributed by atoms with van der Waals surface area (Å²) in [7, 11) is 1.51. The Labute approximate surface area is 83.5 Å². The van der Waals surface area contributed by atoms with Gasteiger partial charge in [-0.15, -0.1) is 0 Å². The summed E-state index contributed by atoms with van der Waals surface area (Å²) in [5.41, 5.74) is -0.0532. The number of halogens is 3. The molecule has 0 aromatic carbocycles. The molecule has 84 valence electrons. The molecule has 0 aliphatic carbocycles. The highest BCUT2D eigenvalue weighted by Gasteiger charge is 2.38. The lowest BCUT2D eigenvalue weighted by Gasteiger charge is -1.98. The van der Waals surface area contributed by atoms with Gasteiger partial charge < -0.3 is 9.73 Å². The molecule has 0 spiro atoms. The minimum absolute atomic E-state index is 0.0532. The second-order valence-electron chi connectivity index (χ2n) is 2.88. The third kappa shape index (κ3) is 2.56. The van der Waals surface area contributed by atoms with Crippen molar-refractivity contribution >= 4 is 5.78 Å². The second kappa shape index (κ2) is 4.01. The molecular weight excluding hydrogens is 213 g/mol. The van der Waals surface area contributed by atoms with Gasteiger partial charge >= 0.3 is 12.1 Å². The average Bonchev–Trinajstić information content (AvgIpc) is 2.47. The number of nitrogens with zero attached hydrogens (tertiary/aromatic N) is 1. The van der Waals surface area contributed by atoms with Crippen molar-refractivity contribution in [3.63, 3.8) is 0 Å². The summed E-state index contributed by atoms with van der Waals surface area (Å²) in [6.07, 6.45) is -4.66. The average molecular weight is 222 g/mol. The number of carbonyl (C=O) groups excluding carboxylic acids is 1. The van der Waals surface area contributed by atoms with Crippen LogP contribution in [0.3, 0.4) is 0 Å². The Morgan fingerprint density at radius 3 is 2.53 bits per heavy atom. The molecule has 0 amide bonds. The topological polar surface area (TPSA) is 55.1 Å². The van der Waals surface area contributed by atoms with Crippen LogP contribution in [0.2, 0.25) is 0 Å². The number of likely N-dealkylation sites (N-methyl/N-ethyl adjacent to an activating group) is 1. The predicted octanol–water partition coefficient (Wildman–Crippen LogP) is 1.40. The van der Waals surface area contributed by atoms with Crippen LogP contribution in [0.5, 0.6) is 0 Å². The fourth-order valence-electron chi connectivity index (χ4n) is 1.02. The molecule has 7 heteroatoms. The van der Waals surface area contributed by atoms with E-state index in [1.54, 1.807) is 0 Å². The zero-order valence-corrected chi connectivity index (χ0v) is 8.10. The van der Waals surface area contributed by atoms with Crippen molar-refractivity contribution in [1.82, 2.24) is 10.3 Å². The Bertz CT molecular complexity index is 370. The first-order valence-electron chi connectivity index (χ1n) is 4.08. The maximum atomic E-state index is 12.1. The molecule has 15 heavy (non-hydrogen) atoms. The molecule has 1 aromatic rings. The molecule has 0 saturated carbocycles. The summed E-state index contributed by atoms with van der Waals surface area (Å²) in [6.45, 7) is 1.20. The van der Waals surface area contributed by atoms with Crippen molar-refractivity contribution in [3.8, 4) is 0 Å². The van der Waals surface area contributed by atoms with Crippen LogP contribution in [-0.2, 0) is 6.18 Å². The Hall–Kier alpha value is -1.37. The molecule has 0 unspecified atom stereocenters. The van der Waals surface area contributed by atoms with Crippen LogP contribution in [0.25, 0.3) is 0 Å². The van der Waals surface area contributed by atoms with E-state index in [1.165, 1.54) is 14.0 Å². The fourth-order valence-corrected chi connectivity index (χ4v) is 1.02. The third-order valence-corrected chi connectivity index (χ3v) is 1.63. The van der Waals surface area contributed by atoms with E-state index in [-0.39, 0.29) is 18.0 Å². The highest BCUT2D eigenvalue weighted by Crippen LogP contribution is 2.29. The van der Waals surface area contributed by atoms with Crippen LogP contribution >= 0.6 is 0 Å². The quantitative estimate of drug-likeness (QED) is 0.785. The van der Waals surface area contributed by atoms with E-state index in [4.69, 9.17) is 0 Å². The van der Waals surface area contributed by atoms with Crippen molar-refractivity contribution in [2.75, 3.05) is 13.6 Å². The molecule has 0 aliphatic rings. The first-order chi connectivity index (χ1) is 6.86. The van der Waals surface area contributed by atoms with E-state index in [2.05, 4.69) is 14.7 Å². The third-order valence-electron chi connectivity index (χ3n) is 1.63. The number of rotatable bonds is 3. The molecule has 4 nitrogen and oxygen atoms in total. The number of hydrogen-bond donors (Lipinski definition) is 1. The molecule has 0 aliphatic heterocycles. The smallest absolute Gasteiger partial charge is 0.429 e. The van der Waals surface area contributed by atoms with E-state index >= 15 is 0 Å². The maximum Gasteiger partial charge on any atom is 0.468 e. The zero-order valence-electron chi connectivity index (χ0n) is 8.10. The van der Waals surface area contributed by atoms with Gasteiger partial charge in [-0.3, -0.25) is 4.79 Å². The highest BCUT2D eigenvalue weighted by atomic mass is 19.4. The van der Waals surface area contributed by atoms with Crippen LogP contribution in [0.15, 0.2) is 4.42 Å². The summed E-state index contributed by atoms with van der Waals surface area (Å²) in [5.74, 6) is -2.30. The minimum Gasteiger partial charge on any atom is -0.429 e. The van der Waals surface area contributed by atoms with Crippen molar-refractivity contribution in [3.05, 3.63) is 17.3 Å². The molecule has 1 aromatic heterocycles. The molecule has 1 N–H and O–H groups in total. The minimum atomic E-state index is -4.66. The van der Waals surface area contributed by atoms with Gasteiger partial charge in [-0.05, 0) is 14.0 Å². The van der Waals surface area contributed by atoms with E-state index in [1.807, 2.05) is 0 Å². The summed E-state index contributed by atoms with van der Waals surface area (Å²) in [5, 5.41) is 2.52. The monoisotopic (exact) mass is 222 g/mol. The first-order valence-corrected chi connectivity index (χ1v) is 4.08. The molecule has 0 radical (unpaired) electrons. The van der Waals surface area contributed by atoms with E-state index in [0.29, 0.717) is 0 Å². The SMILES string of the molecule is CNCC(=O)c1oc(C(F)(F)F)nc1C. The molecule has 0 fully saturated rings. The molecule has 0 bridgehead atoms. The van der Waals surface area contributed by atoms with E-state index in [0.717, 1.165) is 0 Å². The Kier molecular flexibility index (Phi) is 3.13. The van der Waals surface area contributed by atoms with Gasteiger partial charge in [-0.1, -0.05) is 0 Å². The number of aromatic nitrogens is 1. The predicted molar refractivity (Wildman–Crippen MR) is 44.5 cm³/mol. The number of carbonyl (C=O) groups is 1. The van der Waals surface area contributed by atoms with Gasteiger partial charge in [-0.25, -0.2) is 4.98 Å². The Balaban J connectivity index is 3.02. The standard InChI is InChI=1S/C8H9F3N2O2/c1-4-6(5(14)3-12-2)15-7(13-4)8(9,10)11/h12H,3H2,1-2H3. The Morgan fingerprint density at radius 1 is 1.53 bits per heavy atom. The largest absolute Gasteiger partial charge is 0.468 e. The fraction of sp³-hybridized carbons (Fsp3) is 0.500. The molecule has 1 heterocycles. The normalized spacial score (nSPS) is 11.8. The van der Waals surface area contributed by atoms with Crippen LogP contribution in [0, 0.1) is 6.92 Å². The van der Waals surface area contributed by atoms with E-state index < -0.39 is 17.9 Å². The van der Waals surface area contributed by atoms with Crippen LogP contribution in [0.1, 0.15) is 22.1 Å².